The summed E-state index contributed by atoms with van der Waals surface area (Å²) < 4.78 is 5.43. The summed E-state index contributed by atoms with van der Waals surface area (Å²) in [5.41, 5.74) is 1.91. The number of rotatable bonds is 7. The fourth-order valence-electron chi connectivity index (χ4n) is 3.82. The van der Waals surface area contributed by atoms with E-state index in [1.807, 2.05) is 65.6 Å². The van der Waals surface area contributed by atoms with Crippen molar-refractivity contribution in [3.05, 3.63) is 84.4 Å². The van der Waals surface area contributed by atoms with Gasteiger partial charge in [-0.25, -0.2) is 4.79 Å². The normalized spacial score (nSPS) is 21.5. The van der Waals surface area contributed by atoms with Crippen LogP contribution in [0.25, 0.3) is 0 Å². The molecule has 1 fully saturated rings. The van der Waals surface area contributed by atoms with E-state index in [2.05, 4.69) is 6.58 Å². The van der Waals surface area contributed by atoms with Crippen LogP contribution in [0.5, 0.6) is 0 Å². The van der Waals surface area contributed by atoms with Crippen LogP contribution in [0.1, 0.15) is 17.5 Å². The second kappa shape index (κ2) is 9.39. The molecule has 6 heteroatoms. The minimum Gasteiger partial charge on any atom is -0.480 e. The molecule has 0 bridgehead atoms. The average Bonchev–Trinajstić information content (AvgIpc) is 3.11. The highest BCUT2D eigenvalue weighted by atomic mass is 16.6. The average molecular weight is 394 g/mol. The number of amides is 1. The number of hydrogen-bond donors (Lipinski definition) is 1. The van der Waals surface area contributed by atoms with Crippen LogP contribution in [0.15, 0.2) is 73.3 Å². The number of likely N-dealkylation sites (N-methyl/N-ethyl adjacent to an activating group) is 1. The van der Waals surface area contributed by atoms with Crippen LogP contribution >= 0.6 is 0 Å². The Hall–Kier alpha value is -3.12. The molecular formula is C23H26N2O4. The maximum absolute atomic E-state index is 12.6. The molecule has 6 nitrogen and oxygen atoms in total. The predicted molar refractivity (Wildman–Crippen MR) is 110 cm³/mol. The third-order valence-corrected chi connectivity index (χ3v) is 5.37. The Kier molecular flexibility index (Phi) is 6.67. The lowest BCUT2D eigenvalue weighted by Gasteiger charge is -2.31. The molecule has 0 aromatic heterocycles. The van der Waals surface area contributed by atoms with Crippen molar-refractivity contribution in [2.75, 3.05) is 7.05 Å². The molecule has 0 spiro atoms. The van der Waals surface area contributed by atoms with E-state index in [1.165, 1.54) is 4.90 Å². The Morgan fingerprint density at radius 1 is 1.14 bits per heavy atom. The molecule has 152 valence electrons. The lowest BCUT2D eigenvalue weighted by Crippen LogP contribution is -2.45. The van der Waals surface area contributed by atoms with E-state index in [-0.39, 0.29) is 18.7 Å². The molecule has 0 saturated carbocycles. The van der Waals surface area contributed by atoms with Gasteiger partial charge in [0.15, 0.2) is 0 Å². The summed E-state index contributed by atoms with van der Waals surface area (Å²) in [5, 5.41) is 9.75. The van der Waals surface area contributed by atoms with E-state index >= 15 is 0 Å². The van der Waals surface area contributed by atoms with Crippen molar-refractivity contribution >= 4 is 12.1 Å². The van der Waals surface area contributed by atoms with Crippen molar-refractivity contribution in [1.82, 2.24) is 9.80 Å². The Morgan fingerprint density at radius 3 is 2.28 bits per heavy atom. The quantitative estimate of drug-likeness (QED) is 0.728. The first-order chi connectivity index (χ1) is 14.0. The summed E-state index contributed by atoms with van der Waals surface area (Å²) in [6.07, 6.45) is 1.56. The monoisotopic (exact) mass is 394 g/mol. The van der Waals surface area contributed by atoms with Gasteiger partial charge in [0.25, 0.3) is 0 Å². The van der Waals surface area contributed by atoms with Gasteiger partial charge < -0.3 is 14.7 Å². The smallest absolute Gasteiger partial charge is 0.410 e. The van der Waals surface area contributed by atoms with Gasteiger partial charge in [-0.05, 0) is 17.5 Å². The summed E-state index contributed by atoms with van der Waals surface area (Å²) in [4.78, 5) is 27.9. The number of aliphatic carboxylic acids is 1. The molecule has 2 aromatic rings. The molecule has 1 amide bonds. The van der Waals surface area contributed by atoms with Gasteiger partial charge in [-0.2, -0.15) is 0 Å². The summed E-state index contributed by atoms with van der Waals surface area (Å²) >= 11 is 0. The second-order valence-electron chi connectivity index (χ2n) is 7.19. The Morgan fingerprint density at radius 2 is 1.72 bits per heavy atom. The summed E-state index contributed by atoms with van der Waals surface area (Å²) in [5.74, 6) is -0.902. The van der Waals surface area contributed by atoms with E-state index in [0.717, 1.165) is 11.1 Å². The van der Waals surface area contributed by atoms with Crippen LogP contribution in [-0.4, -0.2) is 52.1 Å². The molecule has 0 aliphatic carbocycles. The predicted octanol–water partition coefficient (Wildman–Crippen LogP) is 3.54. The number of hydrogen-bond acceptors (Lipinski definition) is 4. The fraction of sp³-hybridized carbons (Fsp3) is 0.304. The molecule has 2 aromatic carbocycles. The Bertz CT molecular complexity index is 840. The molecule has 1 aliphatic heterocycles. The Labute approximate surface area is 171 Å². The van der Waals surface area contributed by atoms with Gasteiger partial charge in [0.1, 0.15) is 12.6 Å². The summed E-state index contributed by atoms with van der Waals surface area (Å²) in [6.45, 7) is 4.54. The maximum atomic E-state index is 12.6. The molecule has 3 atom stereocenters. The van der Waals surface area contributed by atoms with E-state index in [1.54, 1.807) is 13.1 Å². The van der Waals surface area contributed by atoms with Crippen LogP contribution in [0.2, 0.25) is 0 Å². The van der Waals surface area contributed by atoms with Crippen molar-refractivity contribution in [3.8, 4) is 0 Å². The number of likely N-dealkylation sites (tertiary alicyclic amines) is 1. The summed E-state index contributed by atoms with van der Waals surface area (Å²) in [6, 6.07) is 17.8. The number of carbonyl (C=O) groups excluding carboxylic acids is 1. The number of nitrogens with zero attached hydrogens (tertiary/aromatic N) is 2. The van der Waals surface area contributed by atoms with E-state index in [0.29, 0.717) is 13.0 Å². The first-order valence-corrected chi connectivity index (χ1v) is 9.59. The number of carboxylic acids is 1. The van der Waals surface area contributed by atoms with Gasteiger partial charge in [0.05, 0.1) is 6.04 Å². The van der Waals surface area contributed by atoms with Crippen LogP contribution < -0.4 is 0 Å². The molecule has 0 radical (unpaired) electrons. The second-order valence-corrected chi connectivity index (χ2v) is 7.19. The van der Waals surface area contributed by atoms with Crippen molar-refractivity contribution in [3.63, 3.8) is 0 Å². The molecular weight excluding hydrogens is 368 g/mol. The van der Waals surface area contributed by atoms with E-state index < -0.39 is 18.1 Å². The fourth-order valence-corrected chi connectivity index (χ4v) is 3.82. The minimum absolute atomic E-state index is 0.172. The van der Waals surface area contributed by atoms with Crippen LogP contribution in [0.4, 0.5) is 4.79 Å². The van der Waals surface area contributed by atoms with Gasteiger partial charge in [-0.3, -0.25) is 9.69 Å². The molecule has 1 heterocycles. The van der Waals surface area contributed by atoms with E-state index in [9.17, 15) is 14.7 Å². The summed E-state index contributed by atoms with van der Waals surface area (Å²) in [7, 11) is 1.65. The highest BCUT2D eigenvalue weighted by molar-refractivity contribution is 5.75. The minimum atomic E-state index is -0.902. The molecule has 1 saturated heterocycles. The SMILES string of the molecule is C=C[C@H]1[C@H](N(C)C(=O)OCc2ccccc2)C[C@H](C(=O)O)N1Cc1ccccc1. The topological polar surface area (TPSA) is 70.1 Å². The highest BCUT2D eigenvalue weighted by Crippen LogP contribution is 2.31. The third kappa shape index (κ3) is 4.84. The van der Waals surface area contributed by atoms with E-state index in [4.69, 9.17) is 4.74 Å². The third-order valence-electron chi connectivity index (χ3n) is 5.37. The van der Waals surface area contributed by atoms with Gasteiger partial charge in [-0.1, -0.05) is 66.7 Å². The van der Waals surface area contributed by atoms with Crippen molar-refractivity contribution < 1.29 is 19.4 Å². The standard InChI is InChI=1S/C23H26N2O4/c1-3-19-20(24(2)23(28)29-16-18-12-8-5-9-13-18)14-21(22(26)27)25(19)15-17-10-6-4-7-11-17/h3-13,19-21H,1,14-16H2,2H3,(H,26,27)/t19-,20+,21+/m0/s1. The highest BCUT2D eigenvalue weighted by Gasteiger charge is 2.46. The lowest BCUT2D eigenvalue weighted by molar-refractivity contribution is -0.142. The van der Waals surface area contributed by atoms with Crippen molar-refractivity contribution in [1.29, 1.82) is 0 Å². The molecule has 0 unspecified atom stereocenters. The van der Waals surface area contributed by atoms with Gasteiger partial charge in [0, 0.05) is 19.6 Å². The number of carboxylic acid groups (broad SMARTS) is 1. The number of benzene rings is 2. The van der Waals surface area contributed by atoms with Gasteiger partial charge in [-0.15, -0.1) is 6.58 Å². The first-order valence-electron chi connectivity index (χ1n) is 9.59. The zero-order valence-electron chi connectivity index (χ0n) is 16.5. The van der Waals surface area contributed by atoms with Crippen molar-refractivity contribution in [2.24, 2.45) is 0 Å². The lowest BCUT2D eigenvalue weighted by atomic mass is 10.1. The number of ether oxygens (including phenoxy) is 1. The zero-order valence-corrected chi connectivity index (χ0v) is 16.5. The largest absolute Gasteiger partial charge is 0.480 e. The number of carbonyl (C=O) groups is 2. The Balaban J connectivity index is 1.72. The molecule has 1 N–H and O–H groups in total. The molecule has 1 aliphatic rings. The van der Waals surface area contributed by atoms with Crippen LogP contribution in [0, 0.1) is 0 Å². The first kappa shape index (κ1) is 20.6. The van der Waals surface area contributed by atoms with Gasteiger partial charge >= 0.3 is 12.1 Å². The zero-order chi connectivity index (χ0) is 20.8. The maximum Gasteiger partial charge on any atom is 0.410 e. The molecule has 29 heavy (non-hydrogen) atoms. The van der Waals surface area contributed by atoms with Crippen molar-refractivity contribution in [2.45, 2.75) is 37.7 Å². The van der Waals surface area contributed by atoms with Crippen LogP contribution in [0.3, 0.4) is 0 Å². The molecule has 3 rings (SSSR count). The van der Waals surface area contributed by atoms with Gasteiger partial charge in [0.2, 0.25) is 0 Å². The van der Waals surface area contributed by atoms with Crippen LogP contribution in [-0.2, 0) is 22.7 Å².